The van der Waals surface area contributed by atoms with Crippen LogP contribution in [0.15, 0.2) is 0 Å². The van der Waals surface area contributed by atoms with E-state index in [1.165, 1.54) is 173 Å². The Hall–Kier alpha value is -0.160. The first-order chi connectivity index (χ1) is 21.0. The van der Waals surface area contributed by atoms with Crippen molar-refractivity contribution in [3.63, 3.8) is 0 Å². The smallest absolute Gasteiger partial charge is 0.00698 e. The summed E-state index contributed by atoms with van der Waals surface area (Å²) in [5.41, 5.74) is 12.3. The summed E-state index contributed by atoms with van der Waals surface area (Å²) in [6, 6.07) is 4.25. The van der Waals surface area contributed by atoms with Gasteiger partial charge in [-0.25, -0.2) is 0 Å². The highest BCUT2D eigenvalue weighted by Crippen LogP contribution is 2.39. The molecule has 4 heteroatoms. The Kier molecular flexibility index (Phi) is 12.6. The fourth-order valence-corrected chi connectivity index (χ4v) is 11.2. The maximum absolute atomic E-state index is 6.14. The van der Waals surface area contributed by atoms with Crippen LogP contribution in [0.1, 0.15) is 173 Å². The van der Waals surface area contributed by atoms with Gasteiger partial charge >= 0.3 is 0 Å². The molecule has 0 radical (unpaired) electrons. The molecule has 0 saturated heterocycles. The summed E-state index contributed by atoms with van der Waals surface area (Å²) in [6.45, 7) is 0. The summed E-state index contributed by atoms with van der Waals surface area (Å²) in [4.78, 5) is 0. The minimum atomic E-state index is 0.500. The van der Waals surface area contributed by atoms with Crippen molar-refractivity contribution in [2.75, 3.05) is 0 Å². The average molecular weight is 597 g/mol. The first-order valence-corrected chi connectivity index (χ1v) is 20.1. The van der Waals surface area contributed by atoms with Gasteiger partial charge in [-0.05, 0) is 209 Å². The SMILES string of the molecule is NC1CCC(CC2CCC(NC3CCC(CC4CCC(NC5CCC(CC6CCC(N)CC6)CC5)CC4)CC3)CC2)CC1. The molecule has 0 heterocycles. The maximum atomic E-state index is 6.14. The summed E-state index contributed by atoms with van der Waals surface area (Å²) in [5.74, 6) is 6.01. The van der Waals surface area contributed by atoms with Crippen LogP contribution in [0.3, 0.4) is 0 Å². The van der Waals surface area contributed by atoms with Crippen LogP contribution in [0.5, 0.6) is 0 Å². The van der Waals surface area contributed by atoms with Crippen molar-refractivity contribution < 1.29 is 0 Å². The van der Waals surface area contributed by atoms with E-state index < -0.39 is 0 Å². The van der Waals surface area contributed by atoms with Crippen molar-refractivity contribution >= 4 is 0 Å². The van der Waals surface area contributed by atoms with Crippen LogP contribution in [0, 0.1) is 35.5 Å². The van der Waals surface area contributed by atoms with E-state index in [1.807, 2.05) is 0 Å². The number of hydrogen-bond donors (Lipinski definition) is 4. The van der Waals surface area contributed by atoms with E-state index in [0.29, 0.717) is 12.1 Å². The molecule has 6 saturated carbocycles. The zero-order chi connectivity index (χ0) is 29.4. The Balaban J connectivity index is 0.788. The molecule has 6 aliphatic rings. The molecule has 6 fully saturated rings. The van der Waals surface area contributed by atoms with Crippen LogP contribution in [-0.2, 0) is 0 Å². The van der Waals surface area contributed by atoms with E-state index in [0.717, 1.165) is 59.7 Å². The van der Waals surface area contributed by atoms with E-state index in [-0.39, 0.29) is 0 Å². The summed E-state index contributed by atoms with van der Waals surface area (Å²) in [6.07, 6.45) is 38.7. The second-order valence-electron chi connectivity index (χ2n) is 17.5. The molecular formula is C39H72N4. The summed E-state index contributed by atoms with van der Waals surface area (Å²) in [7, 11) is 0. The highest BCUT2D eigenvalue weighted by molar-refractivity contribution is 4.88. The first-order valence-electron chi connectivity index (χ1n) is 20.1. The molecule has 6 rings (SSSR count). The third-order valence-corrected chi connectivity index (χ3v) is 14.1. The van der Waals surface area contributed by atoms with Crippen LogP contribution in [0.4, 0.5) is 0 Å². The van der Waals surface area contributed by atoms with Crippen molar-refractivity contribution in [2.24, 2.45) is 47.0 Å². The largest absolute Gasteiger partial charge is 0.328 e. The van der Waals surface area contributed by atoms with Crippen LogP contribution in [0.2, 0.25) is 0 Å². The van der Waals surface area contributed by atoms with E-state index in [4.69, 9.17) is 11.5 Å². The fourth-order valence-electron chi connectivity index (χ4n) is 11.2. The topological polar surface area (TPSA) is 76.1 Å². The van der Waals surface area contributed by atoms with Gasteiger partial charge in [0.15, 0.2) is 0 Å². The molecule has 6 N–H and O–H groups in total. The highest BCUT2D eigenvalue weighted by atomic mass is 15.0. The van der Waals surface area contributed by atoms with Crippen molar-refractivity contribution in [1.29, 1.82) is 0 Å². The minimum Gasteiger partial charge on any atom is -0.328 e. The zero-order valence-electron chi connectivity index (χ0n) is 28.2. The van der Waals surface area contributed by atoms with E-state index >= 15 is 0 Å². The van der Waals surface area contributed by atoms with E-state index in [1.54, 1.807) is 0 Å². The lowest BCUT2D eigenvalue weighted by Gasteiger charge is -2.39. The molecule has 0 unspecified atom stereocenters. The summed E-state index contributed by atoms with van der Waals surface area (Å²) < 4.78 is 0. The Morgan fingerprint density at radius 1 is 0.279 bits per heavy atom. The molecule has 248 valence electrons. The maximum Gasteiger partial charge on any atom is 0.00698 e. The van der Waals surface area contributed by atoms with Crippen molar-refractivity contribution in [1.82, 2.24) is 10.6 Å². The van der Waals surface area contributed by atoms with Crippen molar-refractivity contribution in [3.05, 3.63) is 0 Å². The van der Waals surface area contributed by atoms with Gasteiger partial charge in [-0.2, -0.15) is 0 Å². The summed E-state index contributed by atoms with van der Waals surface area (Å²) in [5, 5.41) is 8.30. The molecule has 0 amide bonds. The third kappa shape index (κ3) is 10.4. The Morgan fingerprint density at radius 2 is 0.465 bits per heavy atom. The number of nitrogens with two attached hydrogens (primary N) is 2. The molecule has 0 aliphatic heterocycles. The van der Waals surface area contributed by atoms with E-state index in [9.17, 15) is 0 Å². The Bertz CT molecular complexity index is 690. The summed E-state index contributed by atoms with van der Waals surface area (Å²) >= 11 is 0. The standard InChI is InChI=1S/C39H72N4/c40-34-13-1-28(2-14-34)25-30-5-17-36(18-6-30)42-38-21-9-32(10-22-38)27-33-11-23-39(24-12-33)43-37-19-7-31(8-20-37)26-29-3-15-35(41)16-4-29/h28-39,42-43H,1-27,40-41H2. The van der Waals surface area contributed by atoms with Gasteiger partial charge < -0.3 is 22.1 Å². The molecule has 0 spiro atoms. The molecule has 0 aromatic heterocycles. The molecule has 4 nitrogen and oxygen atoms in total. The second kappa shape index (κ2) is 16.6. The van der Waals surface area contributed by atoms with Crippen LogP contribution < -0.4 is 22.1 Å². The molecule has 0 bridgehead atoms. The third-order valence-electron chi connectivity index (χ3n) is 14.1. The monoisotopic (exact) mass is 597 g/mol. The predicted molar refractivity (Wildman–Crippen MR) is 183 cm³/mol. The first kappa shape index (κ1) is 32.8. The lowest BCUT2D eigenvalue weighted by molar-refractivity contribution is 0.172. The van der Waals surface area contributed by atoms with E-state index in [2.05, 4.69) is 10.6 Å². The van der Waals surface area contributed by atoms with Crippen molar-refractivity contribution in [3.8, 4) is 0 Å². The predicted octanol–water partition coefficient (Wildman–Crippen LogP) is 8.61. The molecule has 0 aromatic carbocycles. The van der Waals surface area contributed by atoms with Gasteiger partial charge in [-0.15, -0.1) is 0 Å². The quantitative estimate of drug-likeness (QED) is 0.204. The normalized spacial score (nSPS) is 45.1. The molecule has 0 atom stereocenters. The van der Waals surface area contributed by atoms with Gasteiger partial charge in [-0.3, -0.25) is 0 Å². The fraction of sp³-hybridized carbons (Fsp3) is 1.00. The lowest BCUT2D eigenvalue weighted by Crippen LogP contribution is -2.43. The number of rotatable bonds is 10. The van der Waals surface area contributed by atoms with Gasteiger partial charge in [0.1, 0.15) is 0 Å². The van der Waals surface area contributed by atoms with Gasteiger partial charge in [0.05, 0.1) is 0 Å². The van der Waals surface area contributed by atoms with Crippen LogP contribution in [-0.4, -0.2) is 36.3 Å². The van der Waals surface area contributed by atoms with Gasteiger partial charge in [0.25, 0.3) is 0 Å². The zero-order valence-corrected chi connectivity index (χ0v) is 28.2. The molecule has 0 aromatic rings. The van der Waals surface area contributed by atoms with Crippen LogP contribution >= 0.6 is 0 Å². The minimum absolute atomic E-state index is 0.500. The number of nitrogens with one attached hydrogen (secondary N) is 2. The Morgan fingerprint density at radius 3 is 0.674 bits per heavy atom. The number of hydrogen-bond acceptors (Lipinski definition) is 4. The molecule has 43 heavy (non-hydrogen) atoms. The highest BCUT2D eigenvalue weighted by Gasteiger charge is 2.32. The molecular weight excluding hydrogens is 524 g/mol. The average Bonchev–Trinajstić information content (AvgIpc) is 3.03. The molecule has 6 aliphatic carbocycles. The van der Waals surface area contributed by atoms with Gasteiger partial charge in [0, 0.05) is 36.3 Å². The second-order valence-corrected chi connectivity index (χ2v) is 17.5. The van der Waals surface area contributed by atoms with Gasteiger partial charge in [0.2, 0.25) is 0 Å². The van der Waals surface area contributed by atoms with Gasteiger partial charge in [-0.1, -0.05) is 0 Å². The van der Waals surface area contributed by atoms with Crippen molar-refractivity contribution in [2.45, 2.75) is 210 Å². The van der Waals surface area contributed by atoms with Crippen LogP contribution in [0.25, 0.3) is 0 Å². The lowest BCUT2D eigenvalue weighted by atomic mass is 9.74. The Labute approximate surface area is 266 Å².